The second kappa shape index (κ2) is 17.6. The molecule has 2 aromatic rings. The molecular weight excluding hydrogens is 656 g/mol. The molecule has 2 aromatic carbocycles. The van der Waals surface area contributed by atoms with Crippen LogP contribution in [0, 0.1) is 17.8 Å². The molecule has 4 amide bonds. The summed E-state index contributed by atoms with van der Waals surface area (Å²) in [7, 11) is 1.31. The predicted molar refractivity (Wildman–Crippen MR) is 188 cm³/mol. The second-order valence-electron chi connectivity index (χ2n) is 12.1. The molecule has 3 aliphatic heterocycles. The molecule has 1 fully saturated rings. The summed E-state index contributed by atoms with van der Waals surface area (Å²) in [5.74, 6) is 10.8. The van der Waals surface area contributed by atoms with Crippen LogP contribution in [0.15, 0.2) is 48.3 Å². The highest BCUT2D eigenvalue weighted by Crippen LogP contribution is 2.40. The first-order valence-electron chi connectivity index (χ1n) is 16.9. The molecule has 2 unspecified atom stereocenters. The van der Waals surface area contributed by atoms with E-state index in [0.29, 0.717) is 46.6 Å². The van der Waals surface area contributed by atoms with Crippen LogP contribution in [0.3, 0.4) is 0 Å². The van der Waals surface area contributed by atoms with Crippen LogP contribution in [-0.2, 0) is 35.1 Å². The number of benzene rings is 2. The molecular formula is C37H46N6O8. The topological polar surface area (TPSA) is 187 Å². The molecule has 0 spiro atoms. The van der Waals surface area contributed by atoms with Crippen LogP contribution in [0.5, 0.6) is 0 Å². The van der Waals surface area contributed by atoms with Crippen molar-refractivity contribution in [2.45, 2.75) is 59.2 Å². The third-order valence-electron chi connectivity index (χ3n) is 8.70. The first kappa shape index (κ1) is 38.6. The van der Waals surface area contributed by atoms with E-state index in [2.05, 4.69) is 17.2 Å². The zero-order valence-corrected chi connectivity index (χ0v) is 29.7. The number of carbonyl (C=O) groups excluding carboxylic acids is 5. The van der Waals surface area contributed by atoms with Crippen LogP contribution in [-0.4, -0.2) is 85.6 Å². The number of ether oxygens (including phenoxy) is 3. The lowest BCUT2D eigenvalue weighted by Gasteiger charge is -2.42. The van der Waals surface area contributed by atoms with Crippen LogP contribution in [0.1, 0.15) is 84.0 Å². The summed E-state index contributed by atoms with van der Waals surface area (Å²) in [4.78, 5) is 64.6. The number of hydrogen-bond donors (Lipinski definition) is 3. The fourth-order valence-electron chi connectivity index (χ4n) is 6.40. The van der Waals surface area contributed by atoms with E-state index in [0.717, 1.165) is 5.56 Å². The number of anilines is 1. The van der Waals surface area contributed by atoms with Crippen molar-refractivity contribution in [1.29, 1.82) is 0 Å². The Hall–Kier alpha value is -5.23. The number of amides is 4. The number of piperidine rings is 1. The summed E-state index contributed by atoms with van der Waals surface area (Å²) >= 11 is 0. The number of rotatable bonds is 10. The molecule has 3 atom stereocenters. The van der Waals surface area contributed by atoms with Gasteiger partial charge in [0.1, 0.15) is 12.6 Å². The van der Waals surface area contributed by atoms with E-state index in [-0.39, 0.29) is 69.1 Å². The Morgan fingerprint density at radius 3 is 2.57 bits per heavy atom. The summed E-state index contributed by atoms with van der Waals surface area (Å²) in [5, 5.41) is 3.78. The van der Waals surface area contributed by atoms with Crippen molar-refractivity contribution in [3.63, 3.8) is 0 Å². The van der Waals surface area contributed by atoms with Gasteiger partial charge in [-0.1, -0.05) is 38.7 Å². The molecule has 14 nitrogen and oxygen atoms in total. The normalized spacial score (nSPS) is 19.5. The molecule has 0 saturated carbocycles. The fraction of sp³-hybridized carbons (Fsp3) is 0.432. The number of imide groups is 1. The first-order valence-corrected chi connectivity index (χ1v) is 16.9. The monoisotopic (exact) mass is 702 g/mol. The Balaban J connectivity index is 0.00000286. The van der Waals surface area contributed by atoms with E-state index in [9.17, 15) is 24.0 Å². The third kappa shape index (κ3) is 8.93. The number of hydrazine groups is 1. The van der Waals surface area contributed by atoms with Crippen molar-refractivity contribution in [1.82, 2.24) is 15.2 Å². The average Bonchev–Trinajstić information content (AvgIpc) is 3.45. The number of esters is 1. The Bertz CT molecular complexity index is 1750. The Morgan fingerprint density at radius 1 is 1.12 bits per heavy atom. The summed E-state index contributed by atoms with van der Waals surface area (Å²) < 4.78 is 16.1. The highest BCUT2D eigenvalue weighted by Gasteiger charge is 2.40. The molecule has 14 heteroatoms. The number of hydrogen-bond acceptors (Lipinski definition) is 11. The number of nitrogens with one attached hydrogen (secondary N) is 1. The lowest BCUT2D eigenvalue weighted by molar-refractivity contribution is -0.137. The molecule has 272 valence electrons. The standard InChI is InChI=1S/C35H40N6O8.C2H6/c1-21-17-39(22(2)42)29-10-9-24(35(46)47-3)16-27(29)32(21)41(37)18-25(36)20-49-15-14-48-13-5-7-23-6-4-8-26-28(23)19-40(34(26)45)30-11-12-31(43)38-33(30)44;1-2/h4,6,8-10,16,18,21,30,32H,11-15,17,19-20,36-37H2,1-3H3,(H,38,43,44);1-2H3/b25-18-;/t21-,30?,32?;/m1./s1. The summed E-state index contributed by atoms with van der Waals surface area (Å²) in [6.45, 7) is 8.87. The van der Waals surface area contributed by atoms with Gasteiger partial charge in [-0.15, -0.1) is 0 Å². The molecule has 3 heterocycles. The Kier molecular flexibility index (Phi) is 13.3. The molecule has 51 heavy (non-hydrogen) atoms. The van der Waals surface area contributed by atoms with E-state index in [1.54, 1.807) is 41.4 Å². The van der Waals surface area contributed by atoms with Gasteiger partial charge in [0.05, 0.1) is 44.2 Å². The average molecular weight is 703 g/mol. The minimum Gasteiger partial charge on any atom is -0.465 e. The van der Waals surface area contributed by atoms with Crippen LogP contribution in [0.25, 0.3) is 0 Å². The van der Waals surface area contributed by atoms with Crippen LogP contribution in [0.4, 0.5) is 5.69 Å². The maximum Gasteiger partial charge on any atom is 0.337 e. The number of carbonyl (C=O) groups is 5. The maximum absolute atomic E-state index is 13.0. The van der Waals surface area contributed by atoms with Crippen LogP contribution >= 0.6 is 0 Å². The van der Waals surface area contributed by atoms with Crippen molar-refractivity contribution in [3.05, 3.63) is 76.1 Å². The highest BCUT2D eigenvalue weighted by molar-refractivity contribution is 6.05. The molecule has 1 saturated heterocycles. The van der Waals surface area contributed by atoms with Gasteiger partial charge in [0.15, 0.2) is 0 Å². The summed E-state index contributed by atoms with van der Waals surface area (Å²) in [6, 6.07) is 9.25. The molecule has 5 N–H and O–H groups in total. The number of nitrogens with two attached hydrogens (primary N) is 2. The quantitative estimate of drug-likeness (QED) is 0.0824. The van der Waals surface area contributed by atoms with Gasteiger partial charge in [-0.2, -0.15) is 0 Å². The number of methoxy groups -OCH3 is 1. The second-order valence-corrected chi connectivity index (χ2v) is 12.1. The zero-order chi connectivity index (χ0) is 37.2. The van der Waals surface area contributed by atoms with Gasteiger partial charge in [0.25, 0.3) is 5.91 Å². The van der Waals surface area contributed by atoms with Gasteiger partial charge in [-0.05, 0) is 42.3 Å². The molecule has 3 aliphatic rings. The molecule has 0 aromatic heterocycles. The van der Waals surface area contributed by atoms with Gasteiger partial charge in [0, 0.05) is 60.9 Å². The van der Waals surface area contributed by atoms with E-state index in [4.69, 9.17) is 25.8 Å². The highest BCUT2D eigenvalue weighted by atomic mass is 16.5. The fourth-order valence-corrected chi connectivity index (χ4v) is 6.40. The van der Waals surface area contributed by atoms with E-state index in [1.165, 1.54) is 23.9 Å². The predicted octanol–water partition coefficient (Wildman–Crippen LogP) is 2.36. The molecule has 0 radical (unpaired) electrons. The van der Waals surface area contributed by atoms with Gasteiger partial charge in [0.2, 0.25) is 17.7 Å². The van der Waals surface area contributed by atoms with E-state index < -0.39 is 17.9 Å². The Labute approximate surface area is 298 Å². The maximum atomic E-state index is 13.0. The minimum absolute atomic E-state index is 0.0875. The number of fused-ring (bicyclic) bond motifs is 2. The van der Waals surface area contributed by atoms with Gasteiger partial charge in [-0.3, -0.25) is 24.5 Å². The van der Waals surface area contributed by atoms with Gasteiger partial charge < -0.3 is 34.8 Å². The van der Waals surface area contributed by atoms with Crippen molar-refractivity contribution in [2.24, 2.45) is 17.5 Å². The lowest BCUT2D eigenvalue weighted by atomic mass is 9.86. The van der Waals surface area contributed by atoms with Crippen molar-refractivity contribution < 1.29 is 38.2 Å². The zero-order valence-electron chi connectivity index (χ0n) is 29.7. The van der Waals surface area contributed by atoms with E-state index >= 15 is 0 Å². The first-order chi connectivity index (χ1) is 24.5. The molecule has 0 bridgehead atoms. The van der Waals surface area contributed by atoms with Crippen LogP contribution < -0.4 is 21.8 Å². The minimum atomic E-state index is -0.689. The molecule has 5 rings (SSSR count). The van der Waals surface area contributed by atoms with Gasteiger partial charge in [-0.25, -0.2) is 10.6 Å². The van der Waals surface area contributed by atoms with Crippen molar-refractivity contribution >= 4 is 35.3 Å². The van der Waals surface area contributed by atoms with E-state index in [1.807, 2.05) is 26.8 Å². The number of nitrogens with zero attached hydrogens (tertiary/aromatic N) is 3. The summed E-state index contributed by atoms with van der Waals surface area (Å²) in [6.07, 6.45) is 2.06. The van der Waals surface area contributed by atoms with Gasteiger partial charge >= 0.3 is 5.97 Å². The third-order valence-corrected chi connectivity index (χ3v) is 8.70. The van der Waals surface area contributed by atoms with Crippen molar-refractivity contribution in [2.75, 3.05) is 45.0 Å². The van der Waals surface area contributed by atoms with Crippen molar-refractivity contribution in [3.8, 4) is 11.8 Å². The summed E-state index contributed by atoms with van der Waals surface area (Å²) in [5.41, 5.74) is 10.2. The van der Waals surface area contributed by atoms with Crippen LogP contribution in [0.2, 0.25) is 0 Å². The SMILES string of the molecule is CC.COC(=O)c1ccc2c(c1)C(N(N)/C=C(\N)COCCOCC#Cc1cccc3c1CN(C1CCC(=O)NC1=O)C3=O)[C@H](C)CN2C(C)=O. The lowest BCUT2D eigenvalue weighted by Crippen LogP contribution is -2.52. The smallest absolute Gasteiger partial charge is 0.337 e. The Morgan fingerprint density at radius 2 is 1.86 bits per heavy atom. The molecule has 0 aliphatic carbocycles. The largest absolute Gasteiger partial charge is 0.465 e.